The van der Waals surface area contributed by atoms with Crippen molar-refractivity contribution in [1.82, 2.24) is 15.2 Å². The minimum absolute atomic E-state index is 0.0543. The Bertz CT molecular complexity index is 805. The highest BCUT2D eigenvalue weighted by Crippen LogP contribution is 2.37. The van der Waals surface area contributed by atoms with E-state index < -0.39 is 5.41 Å². The van der Waals surface area contributed by atoms with Crippen LogP contribution in [0.3, 0.4) is 0 Å². The number of rotatable bonds is 2. The average Bonchev–Trinajstić information content (AvgIpc) is 2.88. The molecule has 5 nitrogen and oxygen atoms in total. The Morgan fingerprint density at radius 1 is 1.17 bits per heavy atom. The number of benzene rings is 1. The predicted octanol–water partition coefficient (Wildman–Crippen LogP) is 1.90. The van der Waals surface area contributed by atoms with Gasteiger partial charge >= 0.3 is 0 Å². The van der Waals surface area contributed by atoms with Crippen LogP contribution in [0, 0.1) is 5.41 Å². The van der Waals surface area contributed by atoms with E-state index in [9.17, 15) is 9.59 Å². The third kappa shape index (κ3) is 2.32. The van der Waals surface area contributed by atoms with Gasteiger partial charge in [-0.05, 0) is 30.7 Å². The Hall–Kier alpha value is -2.53. The fourth-order valence-corrected chi connectivity index (χ4v) is 3.82. The normalized spacial score (nSPS) is 26.5. The van der Waals surface area contributed by atoms with E-state index >= 15 is 0 Å². The van der Waals surface area contributed by atoms with Gasteiger partial charge in [0.2, 0.25) is 0 Å². The predicted molar refractivity (Wildman–Crippen MR) is 89.6 cm³/mol. The number of aromatic nitrogens is 1. The molecule has 0 unspecified atom stereocenters. The molecule has 0 aliphatic carbocycles. The number of fused-ring (bicyclic) bond motifs is 2. The van der Waals surface area contributed by atoms with Gasteiger partial charge in [0.05, 0.1) is 17.0 Å². The quantitative estimate of drug-likeness (QED) is 0.918. The van der Waals surface area contributed by atoms with Gasteiger partial charge in [0, 0.05) is 37.6 Å². The van der Waals surface area contributed by atoms with Crippen LogP contribution in [0.15, 0.2) is 48.8 Å². The molecule has 4 rings (SSSR count). The molecule has 0 saturated carbocycles. The monoisotopic (exact) mass is 321 g/mol. The fourth-order valence-electron chi connectivity index (χ4n) is 3.82. The molecule has 1 amide bonds. The SMILES string of the molecule is C[C@]12CN(Cc3ccncc3)C[C@H]1NC(=O)c1ccccc1C2=O. The first-order chi connectivity index (χ1) is 11.6. The molecule has 0 bridgehead atoms. The molecule has 5 heteroatoms. The smallest absolute Gasteiger partial charge is 0.252 e. The third-order valence-electron chi connectivity index (χ3n) is 5.16. The molecule has 1 fully saturated rings. The molecule has 2 aliphatic rings. The van der Waals surface area contributed by atoms with E-state index in [1.807, 2.05) is 25.1 Å². The molecule has 0 radical (unpaired) electrons. The largest absolute Gasteiger partial charge is 0.347 e. The summed E-state index contributed by atoms with van der Waals surface area (Å²) >= 11 is 0. The van der Waals surface area contributed by atoms with E-state index in [4.69, 9.17) is 0 Å². The topological polar surface area (TPSA) is 62.3 Å². The maximum absolute atomic E-state index is 13.2. The summed E-state index contributed by atoms with van der Waals surface area (Å²) in [5.74, 6) is -0.0999. The second-order valence-corrected chi connectivity index (χ2v) is 6.84. The number of carbonyl (C=O) groups excluding carboxylic acids is 2. The Morgan fingerprint density at radius 3 is 2.62 bits per heavy atom. The van der Waals surface area contributed by atoms with Crippen molar-refractivity contribution in [1.29, 1.82) is 0 Å². The summed E-state index contributed by atoms with van der Waals surface area (Å²) in [5, 5.41) is 3.07. The molecule has 1 aromatic carbocycles. The van der Waals surface area contributed by atoms with Crippen molar-refractivity contribution in [3.05, 3.63) is 65.5 Å². The van der Waals surface area contributed by atoms with Crippen molar-refractivity contribution in [3.8, 4) is 0 Å². The first-order valence-corrected chi connectivity index (χ1v) is 8.14. The second-order valence-electron chi connectivity index (χ2n) is 6.84. The van der Waals surface area contributed by atoms with Gasteiger partial charge in [0.15, 0.2) is 5.78 Å². The zero-order chi connectivity index (χ0) is 16.7. The molecule has 122 valence electrons. The third-order valence-corrected chi connectivity index (χ3v) is 5.16. The van der Waals surface area contributed by atoms with Crippen LogP contribution in [0.2, 0.25) is 0 Å². The Kier molecular flexibility index (Phi) is 3.46. The van der Waals surface area contributed by atoms with Gasteiger partial charge in [-0.1, -0.05) is 18.2 Å². The minimum atomic E-state index is -0.602. The number of nitrogens with one attached hydrogen (secondary N) is 1. The van der Waals surface area contributed by atoms with E-state index in [1.165, 1.54) is 0 Å². The van der Waals surface area contributed by atoms with Crippen LogP contribution in [-0.4, -0.2) is 40.7 Å². The zero-order valence-electron chi connectivity index (χ0n) is 13.5. The van der Waals surface area contributed by atoms with Crippen LogP contribution in [0.25, 0.3) is 0 Å². The molecule has 0 spiro atoms. The summed E-state index contributed by atoms with van der Waals surface area (Å²) in [6.07, 6.45) is 3.54. The second kappa shape index (κ2) is 5.53. The highest BCUT2D eigenvalue weighted by atomic mass is 16.2. The Balaban J connectivity index is 1.65. The molecular formula is C19H19N3O2. The maximum atomic E-state index is 13.2. The molecular weight excluding hydrogens is 302 g/mol. The zero-order valence-corrected chi connectivity index (χ0v) is 13.5. The molecule has 2 aliphatic heterocycles. The first-order valence-electron chi connectivity index (χ1n) is 8.14. The minimum Gasteiger partial charge on any atom is -0.347 e. The number of ketones is 1. The van der Waals surface area contributed by atoms with Crippen LogP contribution in [0.5, 0.6) is 0 Å². The number of nitrogens with zero attached hydrogens (tertiary/aromatic N) is 2. The van der Waals surface area contributed by atoms with Gasteiger partial charge < -0.3 is 5.32 Å². The summed E-state index contributed by atoms with van der Waals surface area (Å²) in [6.45, 7) is 4.02. The summed E-state index contributed by atoms with van der Waals surface area (Å²) in [7, 11) is 0. The van der Waals surface area contributed by atoms with Crippen molar-refractivity contribution in [2.75, 3.05) is 13.1 Å². The first kappa shape index (κ1) is 15.0. The number of hydrogen-bond donors (Lipinski definition) is 1. The van der Waals surface area contributed by atoms with Crippen molar-refractivity contribution < 1.29 is 9.59 Å². The Labute approximate surface area is 140 Å². The van der Waals surface area contributed by atoms with Crippen molar-refractivity contribution in [2.45, 2.75) is 19.5 Å². The fraction of sp³-hybridized carbons (Fsp3) is 0.316. The summed E-state index contributed by atoms with van der Waals surface area (Å²) in [6, 6.07) is 10.9. The van der Waals surface area contributed by atoms with E-state index in [2.05, 4.69) is 15.2 Å². The van der Waals surface area contributed by atoms with Gasteiger partial charge in [-0.15, -0.1) is 0 Å². The number of pyridine rings is 1. The van der Waals surface area contributed by atoms with Gasteiger partial charge in [0.1, 0.15) is 0 Å². The van der Waals surface area contributed by atoms with E-state index in [-0.39, 0.29) is 17.7 Å². The molecule has 1 aromatic heterocycles. The van der Waals surface area contributed by atoms with Crippen LogP contribution in [0.1, 0.15) is 33.2 Å². The van der Waals surface area contributed by atoms with Gasteiger partial charge in [0.25, 0.3) is 5.91 Å². The molecule has 24 heavy (non-hydrogen) atoms. The van der Waals surface area contributed by atoms with E-state index in [0.717, 1.165) is 12.1 Å². The average molecular weight is 321 g/mol. The molecule has 1 N–H and O–H groups in total. The highest BCUT2D eigenvalue weighted by Gasteiger charge is 2.51. The standard InChI is InChI=1S/C19H19N3O2/c1-19-12-22(10-13-6-8-20-9-7-13)11-16(19)21-18(24)15-5-3-2-4-14(15)17(19)23/h2-9,16H,10-12H2,1H3,(H,21,24)/t16-,19+/m1/s1. The number of amides is 1. The summed E-state index contributed by atoms with van der Waals surface area (Å²) < 4.78 is 0. The van der Waals surface area contributed by atoms with E-state index in [0.29, 0.717) is 24.2 Å². The van der Waals surface area contributed by atoms with Crippen LogP contribution >= 0.6 is 0 Å². The Morgan fingerprint density at radius 2 is 1.88 bits per heavy atom. The number of likely N-dealkylation sites (tertiary alicyclic amines) is 1. The lowest BCUT2D eigenvalue weighted by Crippen LogP contribution is -2.47. The van der Waals surface area contributed by atoms with Gasteiger partial charge in [-0.3, -0.25) is 19.5 Å². The van der Waals surface area contributed by atoms with Crippen LogP contribution in [0.4, 0.5) is 0 Å². The lowest BCUT2D eigenvalue weighted by atomic mass is 9.78. The molecule has 3 heterocycles. The lowest BCUT2D eigenvalue weighted by Gasteiger charge is -2.27. The highest BCUT2D eigenvalue weighted by molar-refractivity contribution is 6.12. The van der Waals surface area contributed by atoms with Crippen LogP contribution in [-0.2, 0) is 6.54 Å². The maximum Gasteiger partial charge on any atom is 0.252 e. The van der Waals surface area contributed by atoms with Crippen molar-refractivity contribution >= 4 is 11.7 Å². The number of hydrogen-bond acceptors (Lipinski definition) is 4. The van der Waals surface area contributed by atoms with Crippen molar-refractivity contribution in [3.63, 3.8) is 0 Å². The lowest BCUT2D eigenvalue weighted by molar-refractivity contribution is 0.0789. The molecule has 1 saturated heterocycles. The van der Waals surface area contributed by atoms with Crippen LogP contribution < -0.4 is 5.32 Å². The number of carbonyl (C=O) groups is 2. The van der Waals surface area contributed by atoms with Gasteiger partial charge in [-0.25, -0.2) is 0 Å². The van der Waals surface area contributed by atoms with Crippen molar-refractivity contribution in [2.24, 2.45) is 5.41 Å². The van der Waals surface area contributed by atoms with Gasteiger partial charge in [-0.2, -0.15) is 0 Å². The number of Topliss-reactive ketones (excluding diaryl/α,β-unsaturated/α-hetero) is 1. The van der Waals surface area contributed by atoms with E-state index in [1.54, 1.807) is 30.6 Å². The summed E-state index contributed by atoms with van der Waals surface area (Å²) in [5.41, 5.74) is 1.57. The summed E-state index contributed by atoms with van der Waals surface area (Å²) in [4.78, 5) is 31.9. The molecule has 2 atom stereocenters. The molecule has 2 aromatic rings.